The summed E-state index contributed by atoms with van der Waals surface area (Å²) in [7, 11) is 0. The molecular formula is C65H49N3. The minimum Gasteiger partial charge on any atom is -0.305 e. The number of hydrogen-bond donors (Lipinski definition) is 1. The van der Waals surface area contributed by atoms with E-state index in [1.54, 1.807) is 0 Å². The van der Waals surface area contributed by atoms with E-state index in [-0.39, 0.29) is 12.0 Å². The van der Waals surface area contributed by atoms with Crippen molar-refractivity contribution in [2.24, 2.45) is 5.10 Å². The molecule has 1 aliphatic rings. The van der Waals surface area contributed by atoms with Crippen molar-refractivity contribution in [2.45, 2.75) is 31.2 Å². The zero-order valence-corrected chi connectivity index (χ0v) is 37.8. The van der Waals surface area contributed by atoms with Crippen LogP contribution in [0.1, 0.15) is 52.6 Å². The number of nitrogens with zero attached hydrogens (tertiary/aromatic N) is 2. The predicted molar refractivity (Wildman–Crippen MR) is 287 cm³/mol. The molecule has 1 N–H and O–H groups in total. The topological polar surface area (TPSA) is 39.5 Å². The third kappa shape index (κ3) is 7.62. The van der Waals surface area contributed by atoms with Gasteiger partial charge in [0, 0.05) is 17.5 Å². The fourth-order valence-corrected chi connectivity index (χ4v) is 10.8. The van der Waals surface area contributed by atoms with Gasteiger partial charge in [-0.2, -0.15) is 5.10 Å². The van der Waals surface area contributed by atoms with Gasteiger partial charge in [-0.05, 0) is 113 Å². The van der Waals surface area contributed by atoms with E-state index in [2.05, 4.69) is 248 Å². The highest BCUT2D eigenvalue weighted by molar-refractivity contribution is 6.11. The van der Waals surface area contributed by atoms with E-state index in [9.17, 15) is 5.41 Å². The molecule has 0 aromatic heterocycles. The Bertz CT molecular complexity index is 3680. The van der Waals surface area contributed by atoms with Crippen LogP contribution in [-0.4, -0.2) is 11.4 Å². The summed E-state index contributed by atoms with van der Waals surface area (Å²) in [6, 6.07) is 87.4. The molecule has 0 saturated carbocycles. The monoisotopic (exact) mass is 871 g/mol. The average molecular weight is 872 g/mol. The highest BCUT2D eigenvalue weighted by atomic mass is 15.5. The van der Waals surface area contributed by atoms with E-state index in [1.807, 2.05) is 0 Å². The van der Waals surface area contributed by atoms with Gasteiger partial charge in [0.1, 0.15) is 0 Å². The van der Waals surface area contributed by atoms with Crippen LogP contribution in [0.4, 0.5) is 5.69 Å². The SMILES string of the molecule is N=C(CC(Cc1ccc(-c2cccc3ccccc23)c2ccccc12)c1ccccc1)c1ccc(C2=NN(c3ccc(-c4cccc5ccccc45)c4ccccc34)C(c3ccccc3)C2)cc1. The summed E-state index contributed by atoms with van der Waals surface area (Å²) >= 11 is 0. The smallest absolute Gasteiger partial charge is 0.0832 e. The maximum Gasteiger partial charge on any atom is 0.0832 e. The summed E-state index contributed by atoms with van der Waals surface area (Å²) < 4.78 is 0. The first-order chi connectivity index (χ1) is 33.6. The molecular weight excluding hydrogens is 823 g/mol. The van der Waals surface area contributed by atoms with Gasteiger partial charge in [0.15, 0.2) is 0 Å². The second-order valence-electron chi connectivity index (χ2n) is 18.1. The van der Waals surface area contributed by atoms with Crippen molar-refractivity contribution in [3.05, 3.63) is 270 Å². The molecule has 0 bridgehead atoms. The van der Waals surface area contributed by atoms with Gasteiger partial charge in [-0.15, -0.1) is 0 Å². The molecule has 0 spiro atoms. The Labute approximate surface area is 397 Å². The van der Waals surface area contributed by atoms with Gasteiger partial charge in [-0.3, -0.25) is 5.01 Å². The van der Waals surface area contributed by atoms with Gasteiger partial charge in [-0.25, -0.2) is 0 Å². The van der Waals surface area contributed by atoms with Crippen LogP contribution in [0.15, 0.2) is 248 Å². The minimum atomic E-state index is 0.0276. The largest absolute Gasteiger partial charge is 0.305 e. The molecule has 3 heteroatoms. The van der Waals surface area contributed by atoms with Crippen LogP contribution in [0.25, 0.3) is 65.3 Å². The first-order valence-electron chi connectivity index (χ1n) is 23.8. The lowest BCUT2D eigenvalue weighted by atomic mass is 9.83. The normalized spacial score (nSPS) is 14.1. The minimum absolute atomic E-state index is 0.0276. The quantitative estimate of drug-likeness (QED) is 0.129. The Hall–Kier alpha value is -8.40. The second kappa shape index (κ2) is 17.8. The summed E-state index contributed by atoms with van der Waals surface area (Å²) in [5, 5.41) is 27.2. The maximum atomic E-state index is 9.59. The van der Waals surface area contributed by atoms with E-state index in [4.69, 9.17) is 5.10 Å². The number of fused-ring (bicyclic) bond motifs is 4. The van der Waals surface area contributed by atoms with Crippen molar-refractivity contribution in [1.82, 2.24) is 0 Å². The average Bonchev–Trinajstić information content (AvgIpc) is 3.86. The lowest BCUT2D eigenvalue weighted by molar-refractivity contribution is 0.711. The highest BCUT2D eigenvalue weighted by Crippen LogP contribution is 2.44. The first-order valence-corrected chi connectivity index (χ1v) is 23.8. The van der Waals surface area contributed by atoms with Crippen molar-refractivity contribution in [1.29, 1.82) is 5.41 Å². The molecule has 0 aliphatic carbocycles. The Kier molecular flexibility index (Phi) is 10.7. The number of nitrogens with one attached hydrogen (secondary N) is 1. The highest BCUT2D eigenvalue weighted by Gasteiger charge is 2.31. The molecule has 68 heavy (non-hydrogen) atoms. The van der Waals surface area contributed by atoms with Gasteiger partial charge in [-0.1, -0.05) is 237 Å². The van der Waals surface area contributed by atoms with Crippen LogP contribution in [0.2, 0.25) is 0 Å². The molecule has 2 unspecified atom stereocenters. The van der Waals surface area contributed by atoms with Crippen LogP contribution in [0, 0.1) is 5.41 Å². The molecule has 0 fully saturated rings. The molecule has 0 saturated heterocycles. The second-order valence-corrected chi connectivity index (χ2v) is 18.1. The van der Waals surface area contributed by atoms with Crippen LogP contribution >= 0.6 is 0 Å². The van der Waals surface area contributed by atoms with E-state index in [1.165, 1.54) is 82.0 Å². The van der Waals surface area contributed by atoms with Crippen LogP contribution in [0.5, 0.6) is 0 Å². The molecule has 1 heterocycles. The van der Waals surface area contributed by atoms with Crippen LogP contribution < -0.4 is 5.01 Å². The summed E-state index contributed by atoms with van der Waals surface area (Å²) in [5.74, 6) is 0.122. The van der Waals surface area contributed by atoms with Crippen molar-refractivity contribution in [3.8, 4) is 22.3 Å². The van der Waals surface area contributed by atoms with Gasteiger partial charge in [0.25, 0.3) is 0 Å². The Morgan fingerprint density at radius 1 is 0.456 bits per heavy atom. The molecule has 3 nitrogen and oxygen atoms in total. The third-order valence-electron chi connectivity index (χ3n) is 14.2. The maximum absolute atomic E-state index is 9.59. The predicted octanol–water partition coefficient (Wildman–Crippen LogP) is 16.8. The zero-order valence-electron chi connectivity index (χ0n) is 37.8. The number of benzene rings is 11. The summed E-state index contributed by atoms with van der Waals surface area (Å²) in [6.45, 7) is 0. The molecule has 11 aromatic carbocycles. The number of anilines is 1. The third-order valence-corrected chi connectivity index (χ3v) is 14.2. The van der Waals surface area contributed by atoms with Crippen molar-refractivity contribution < 1.29 is 0 Å². The van der Waals surface area contributed by atoms with Crippen molar-refractivity contribution in [3.63, 3.8) is 0 Å². The summed E-state index contributed by atoms with van der Waals surface area (Å²) in [6.07, 6.45) is 2.21. The van der Waals surface area contributed by atoms with Crippen LogP contribution in [0.3, 0.4) is 0 Å². The molecule has 324 valence electrons. The summed E-state index contributed by atoms with van der Waals surface area (Å²) in [4.78, 5) is 0. The van der Waals surface area contributed by atoms with Crippen molar-refractivity contribution in [2.75, 3.05) is 5.01 Å². The van der Waals surface area contributed by atoms with Gasteiger partial charge in [0.05, 0.1) is 17.4 Å². The van der Waals surface area contributed by atoms with Crippen LogP contribution in [-0.2, 0) is 6.42 Å². The molecule has 11 aromatic rings. The Morgan fingerprint density at radius 2 is 0.956 bits per heavy atom. The van der Waals surface area contributed by atoms with Gasteiger partial charge >= 0.3 is 0 Å². The Balaban J connectivity index is 0.850. The summed E-state index contributed by atoms with van der Waals surface area (Å²) in [5.41, 5.74) is 13.5. The van der Waals surface area contributed by atoms with E-state index < -0.39 is 0 Å². The molecule has 0 amide bonds. The fourth-order valence-electron chi connectivity index (χ4n) is 10.8. The number of hydrogen-bond acceptors (Lipinski definition) is 3. The standard InChI is InChI=1S/C65H49N3/c66-62(42-51(44-17-3-1-4-18-44)41-50-37-38-59(55-28-12-11-27-54(50)55)56-31-15-23-45-19-7-9-25-52(45)56)47-33-35-48(36-34-47)63-43-65(49-21-5-2-6-22-49)68(67-63)64-40-39-60(58-29-13-14-30-61(58)64)57-32-16-24-46-20-8-10-26-53(46)57/h1-40,51,65-66H,41-43H2. The molecule has 1 aliphatic heterocycles. The van der Waals surface area contributed by atoms with Gasteiger partial charge in [0.2, 0.25) is 0 Å². The molecule has 0 radical (unpaired) electrons. The van der Waals surface area contributed by atoms with E-state index in [0.717, 1.165) is 35.4 Å². The van der Waals surface area contributed by atoms with E-state index in [0.29, 0.717) is 12.1 Å². The first kappa shape index (κ1) is 41.1. The number of hydrazone groups is 1. The Morgan fingerprint density at radius 3 is 1.60 bits per heavy atom. The zero-order chi connectivity index (χ0) is 45.4. The van der Waals surface area contributed by atoms with E-state index >= 15 is 0 Å². The van der Waals surface area contributed by atoms with Gasteiger partial charge < -0.3 is 5.41 Å². The lowest BCUT2D eigenvalue weighted by Crippen LogP contribution is -2.18. The lowest BCUT2D eigenvalue weighted by Gasteiger charge is -2.26. The van der Waals surface area contributed by atoms with Crippen molar-refractivity contribution >= 4 is 60.2 Å². The molecule has 2 atom stereocenters. The number of rotatable bonds is 11. The fraction of sp³-hybridized carbons (Fsp3) is 0.0769. The molecule has 12 rings (SSSR count).